The molecule has 3 nitrogen and oxygen atoms in total. The molecular weight excluding hydrogens is 262 g/mol. The van der Waals surface area contributed by atoms with Crippen molar-refractivity contribution in [2.45, 2.75) is 50.7 Å². The van der Waals surface area contributed by atoms with Gasteiger partial charge in [-0.15, -0.1) is 0 Å². The van der Waals surface area contributed by atoms with E-state index in [2.05, 4.69) is 36.1 Å². The summed E-state index contributed by atoms with van der Waals surface area (Å²) in [5.41, 5.74) is 2.66. The molecule has 116 valence electrons. The number of benzene rings is 1. The number of aliphatic hydroxyl groups is 2. The van der Waals surface area contributed by atoms with Gasteiger partial charge < -0.3 is 15.1 Å². The number of hydrogen-bond donors (Lipinski definition) is 2. The van der Waals surface area contributed by atoms with Crippen LogP contribution in [-0.2, 0) is 6.42 Å². The molecular formula is C18H27NO2. The van der Waals surface area contributed by atoms with Crippen LogP contribution in [0.2, 0.25) is 0 Å². The minimum absolute atomic E-state index is 0.170. The van der Waals surface area contributed by atoms with E-state index in [1.165, 1.54) is 11.1 Å². The molecule has 0 aromatic heterocycles. The van der Waals surface area contributed by atoms with Crippen LogP contribution in [0.1, 0.15) is 43.2 Å². The number of piperidine rings is 1. The lowest BCUT2D eigenvalue weighted by atomic mass is 9.93. The van der Waals surface area contributed by atoms with Crippen molar-refractivity contribution in [3.63, 3.8) is 0 Å². The topological polar surface area (TPSA) is 43.7 Å². The van der Waals surface area contributed by atoms with E-state index in [1.807, 2.05) is 0 Å². The van der Waals surface area contributed by atoms with Gasteiger partial charge >= 0.3 is 0 Å². The highest BCUT2D eigenvalue weighted by Crippen LogP contribution is 2.36. The summed E-state index contributed by atoms with van der Waals surface area (Å²) in [5.74, 6) is 0.736. The Morgan fingerprint density at radius 3 is 2.81 bits per heavy atom. The zero-order valence-electron chi connectivity index (χ0n) is 12.9. The molecule has 3 heteroatoms. The number of nitrogens with zero attached hydrogens (tertiary/aromatic N) is 1. The first kappa shape index (κ1) is 15.0. The highest BCUT2D eigenvalue weighted by molar-refractivity contribution is 5.36. The van der Waals surface area contributed by atoms with Crippen molar-refractivity contribution in [1.82, 2.24) is 4.90 Å². The maximum atomic E-state index is 10.3. The van der Waals surface area contributed by atoms with E-state index >= 15 is 0 Å². The fourth-order valence-corrected chi connectivity index (χ4v) is 3.86. The Bertz CT molecular complexity index is 476. The standard InChI is InChI=1S/C18H27NO2/c1-13-8-10-19(12-18(13)21)9-4-7-16-15-6-3-2-5-14(15)11-17(16)20/h2-3,5-6,13,16-18,20-21H,4,7-12H2,1H3/t13-,16+,17+,18-/m0/s1. The molecule has 3 rings (SSSR count). The summed E-state index contributed by atoms with van der Waals surface area (Å²) in [7, 11) is 0. The predicted octanol–water partition coefficient (Wildman–Crippen LogP) is 2.17. The van der Waals surface area contributed by atoms with Crippen LogP contribution in [0.25, 0.3) is 0 Å². The third-order valence-corrected chi connectivity index (χ3v) is 5.34. The molecule has 0 radical (unpaired) electrons. The number of rotatable bonds is 4. The van der Waals surface area contributed by atoms with Crippen molar-refractivity contribution < 1.29 is 10.2 Å². The Balaban J connectivity index is 1.50. The zero-order chi connectivity index (χ0) is 14.8. The summed E-state index contributed by atoms with van der Waals surface area (Å²) in [5, 5.41) is 20.2. The van der Waals surface area contributed by atoms with Crippen LogP contribution in [-0.4, -0.2) is 47.0 Å². The number of likely N-dealkylation sites (tertiary alicyclic amines) is 1. The van der Waals surface area contributed by atoms with Gasteiger partial charge in [-0.1, -0.05) is 31.2 Å². The smallest absolute Gasteiger partial charge is 0.0693 e. The molecule has 0 spiro atoms. The van der Waals surface area contributed by atoms with Gasteiger partial charge in [-0.2, -0.15) is 0 Å². The van der Waals surface area contributed by atoms with E-state index in [0.29, 0.717) is 11.8 Å². The lowest BCUT2D eigenvalue weighted by Crippen LogP contribution is -2.43. The van der Waals surface area contributed by atoms with Gasteiger partial charge in [-0.3, -0.25) is 0 Å². The van der Waals surface area contributed by atoms with Gasteiger partial charge in [0.2, 0.25) is 0 Å². The van der Waals surface area contributed by atoms with E-state index in [9.17, 15) is 10.2 Å². The number of hydrogen-bond acceptors (Lipinski definition) is 3. The van der Waals surface area contributed by atoms with E-state index in [4.69, 9.17) is 0 Å². The molecule has 0 unspecified atom stereocenters. The van der Waals surface area contributed by atoms with Gasteiger partial charge in [0.15, 0.2) is 0 Å². The quantitative estimate of drug-likeness (QED) is 0.893. The van der Waals surface area contributed by atoms with Gasteiger partial charge in [-0.25, -0.2) is 0 Å². The molecule has 2 aliphatic rings. The summed E-state index contributed by atoms with van der Waals surface area (Å²) in [6.45, 7) is 5.08. The summed E-state index contributed by atoms with van der Waals surface area (Å²) < 4.78 is 0. The fraction of sp³-hybridized carbons (Fsp3) is 0.667. The first-order valence-electron chi connectivity index (χ1n) is 8.31. The minimum atomic E-state index is -0.214. The maximum absolute atomic E-state index is 10.3. The van der Waals surface area contributed by atoms with E-state index in [1.54, 1.807) is 0 Å². The Labute approximate surface area is 127 Å². The van der Waals surface area contributed by atoms with E-state index in [0.717, 1.165) is 45.3 Å². The number of fused-ring (bicyclic) bond motifs is 1. The minimum Gasteiger partial charge on any atom is -0.392 e. The van der Waals surface area contributed by atoms with Crippen molar-refractivity contribution in [1.29, 1.82) is 0 Å². The van der Waals surface area contributed by atoms with Crippen molar-refractivity contribution in [2.75, 3.05) is 19.6 Å². The van der Waals surface area contributed by atoms with E-state index < -0.39 is 0 Å². The molecule has 1 fully saturated rings. The second kappa shape index (κ2) is 6.47. The monoisotopic (exact) mass is 289 g/mol. The molecule has 0 amide bonds. The molecule has 0 saturated carbocycles. The Morgan fingerprint density at radius 2 is 2.00 bits per heavy atom. The normalized spacial score (nSPS) is 33.1. The summed E-state index contributed by atoms with van der Waals surface area (Å²) in [6, 6.07) is 8.44. The van der Waals surface area contributed by atoms with Crippen LogP contribution >= 0.6 is 0 Å². The van der Waals surface area contributed by atoms with Gasteiger partial charge in [0, 0.05) is 12.5 Å². The largest absolute Gasteiger partial charge is 0.392 e. The fourth-order valence-electron chi connectivity index (χ4n) is 3.86. The third-order valence-electron chi connectivity index (χ3n) is 5.34. The van der Waals surface area contributed by atoms with Gasteiger partial charge in [-0.05, 0) is 55.8 Å². The SMILES string of the molecule is C[C@H]1CCN(CCC[C@@H]2c3ccccc3C[C@H]2O)C[C@@H]1O. The molecule has 1 aliphatic carbocycles. The molecule has 2 N–H and O–H groups in total. The average molecular weight is 289 g/mol. The first-order chi connectivity index (χ1) is 10.1. The first-order valence-corrected chi connectivity index (χ1v) is 8.31. The number of aliphatic hydroxyl groups excluding tert-OH is 2. The van der Waals surface area contributed by atoms with Crippen molar-refractivity contribution in [2.24, 2.45) is 5.92 Å². The highest BCUT2D eigenvalue weighted by Gasteiger charge is 2.30. The Hall–Kier alpha value is -0.900. The van der Waals surface area contributed by atoms with E-state index in [-0.39, 0.29) is 12.2 Å². The summed E-state index contributed by atoms with van der Waals surface area (Å²) in [4.78, 5) is 2.37. The zero-order valence-corrected chi connectivity index (χ0v) is 12.9. The van der Waals surface area contributed by atoms with Crippen LogP contribution in [0.5, 0.6) is 0 Å². The Morgan fingerprint density at radius 1 is 1.19 bits per heavy atom. The van der Waals surface area contributed by atoms with Gasteiger partial charge in [0.05, 0.1) is 12.2 Å². The summed E-state index contributed by atoms with van der Waals surface area (Å²) in [6.07, 6.45) is 3.65. The lowest BCUT2D eigenvalue weighted by Gasteiger charge is -2.34. The average Bonchev–Trinajstić information content (AvgIpc) is 2.79. The van der Waals surface area contributed by atoms with Gasteiger partial charge in [0.25, 0.3) is 0 Å². The van der Waals surface area contributed by atoms with Crippen molar-refractivity contribution in [3.05, 3.63) is 35.4 Å². The number of β-amino-alcohol motifs (C(OH)–C–C–N with tert-alkyl or cyclic N) is 1. The highest BCUT2D eigenvalue weighted by atomic mass is 16.3. The van der Waals surface area contributed by atoms with Crippen LogP contribution < -0.4 is 0 Å². The molecule has 1 aliphatic heterocycles. The van der Waals surface area contributed by atoms with Gasteiger partial charge in [0.1, 0.15) is 0 Å². The molecule has 1 aromatic rings. The second-order valence-corrected chi connectivity index (χ2v) is 6.85. The molecule has 1 aromatic carbocycles. The predicted molar refractivity (Wildman–Crippen MR) is 84.4 cm³/mol. The van der Waals surface area contributed by atoms with Crippen molar-refractivity contribution >= 4 is 0 Å². The second-order valence-electron chi connectivity index (χ2n) is 6.85. The maximum Gasteiger partial charge on any atom is 0.0693 e. The molecule has 1 heterocycles. The van der Waals surface area contributed by atoms with Crippen LogP contribution in [0.3, 0.4) is 0 Å². The molecule has 1 saturated heterocycles. The van der Waals surface area contributed by atoms with Crippen LogP contribution in [0.15, 0.2) is 24.3 Å². The van der Waals surface area contributed by atoms with Crippen molar-refractivity contribution in [3.8, 4) is 0 Å². The Kier molecular flexibility index (Phi) is 4.63. The lowest BCUT2D eigenvalue weighted by molar-refractivity contribution is 0.0279. The third kappa shape index (κ3) is 3.31. The summed E-state index contributed by atoms with van der Waals surface area (Å²) >= 11 is 0. The molecule has 4 atom stereocenters. The molecule has 0 bridgehead atoms. The van der Waals surface area contributed by atoms with Crippen LogP contribution in [0, 0.1) is 5.92 Å². The molecule has 21 heavy (non-hydrogen) atoms. The van der Waals surface area contributed by atoms with Crippen LogP contribution in [0.4, 0.5) is 0 Å².